The number of aldehydes is 1. The molecule has 2 aromatic rings. The van der Waals surface area contributed by atoms with Crippen LogP contribution in [0.1, 0.15) is 26.3 Å². The molecule has 0 saturated heterocycles. The molecule has 0 unspecified atom stereocenters. The minimum atomic E-state index is -4.51. The second-order valence-electron chi connectivity index (χ2n) is 4.39. The molecular formula is C15H7Cl2F3O3. The average molecular weight is 363 g/mol. The number of hydrogen-bond acceptors (Lipinski definition) is 3. The van der Waals surface area contributed by atoms with Crippen LogP contribution in [0.5, 0.6) is 5.75 Å². The van der Waals surface area contributed by atoms with Gasteiger partial charge in [0.05, 0.1) is 21.7 Å². The number of carbonyl (C=O) groups is 2. The first-order valence-electron chi connectivity index (χ1n) is 6.06. The Morgan fingerprint density at radius 2 is 1.70 bits per heavy atom. The molecule has 0 aliphatic carbocycles. The Kier molecular flexibility index (Phi) is 4.97. The molecule has 0 aliphatic rings. The fourth-order valence-electron chi connectivity index (χ4n) is 1.72. The lowest BCUT2D eigenvalue weighted by Crippen LogP contribution is -2.11. The van der Waals surface area contributed by atoms with E-state index in [4.69, 9.17) is 27.9 Å². The van der Waals surface area contributed by atoms with E-state index in [9.17, 15) is 22.8 Å². The van der Waals surface area contributed by atoms with E-state index in [1.54, 1.807) is 0 Å². The van der Waals surface area contributed by atoms with Gasteiger partial charge in [0.1, 0.15) is 0 Å². The summed E-state index contributed by atoms with van der Waals surface area (Å²) in [4.78, 5) is 22.9. The van der Waals surface area contributed by atoms with Crippen molar-refractivity contribution in [3.05, 3.63) is 63.1 Å². The molecule has 0 aliphatic heterocycles. The zero-order valence-corrected chi connectivity index (χ0v) is 12.7. The molecule has 0 amide bonds. The molecule has 0 radical (unpaired) electrons. The zero-order chi connectivity index (χ0) is 17.2. The van der Waals surface area contributed by atoms with Crippen LogP contribution in [-0.4, -0.2) is 12.3 Å². The van der Waals surface area contributed by atoms with E-state index in [2.05, 4.69) is 0 Å². The molecule has 0 bridgehead atoms. The lowest BCUT2D eigenvalue weighted by atomic mass is 10.1. The van der Waals surface area contributed by atoms with Crippen LogP contribution in [-0.2, 0) is 6.18 Å². The van der Waals surface area contributed by atoms with E-state index in [-0.39, 0.29) is 26.9 Å². The van der Waals surface area contributed by atoms with Gasteiger partial charge in [-0.15, -0.1) is 0 Å². The average Bonchev–Trinajstić information content (AvgIpc) is 2.48. The van der Waals surface area contributed by atoms with Crippen LogP contribution < -0.4 is 4.74 Å². The van der Waals surface area contributed by atoms with Gasteiger partial charge in [0.15, 0.2) is 12.0 Å². The molecular weight excluding hydrogens is 356 g/mol. The lowest BCUT2D eigenvalue weighted by molar-refractivity contribution is -0.137. The van der Waals surface area contributed by atoms with Crippen molar-refractivity contribution in [2.24, 2.45) is 0 Å². The molecule has 23 heavy (non-hydrogen) atoms. The third kappa shape index (κ3) is 4.03. The van der Waals surface area contributed by atoms with Crippen LogP contribution in [0.25, 0.3) is 0 Å². The van der Waals surface area contributed by atoms with E-state index in [1.807, 2.05) is 0 Å². The normalized spacial score (nSPS) is 11.2. The summed E-state index contributed by atoms with van der Waals surface area (Å²) >= 11 is 11.6. The van der Waals surface area contributed by atoms with Crippen molar-refractivity contribution in [1.82, 2.24) is 0 Å². The third-order valence-corrected chi connectivity index (χ3v) is 3.31. The van der Waals surface area contributed by atoms with E-state index >= 15 is 0 Å². The van der Waals surface area contributed by atoms with Crippen LogP contribution in [0.3, 0.4) is 0 Å². The highest BCUT2D eigenvalue weighted by atomic mass is 35.5. The molecule has 120 valence electrons. The first-order chi connectivity index (χ1) is 10.7. The Balaban J connectivity index is 2.28. The van der Waals surface area contributed by atoms with Gasteiger partial charge in [-0.05, 0) is 36.4 Å². The van der Waals surface area contributed by atoms with Gasteiger partial charge in [-0.1, -0.05) is 23.2 Å². The van der Waals surface area contributed by atoms with Crippen molar-refractivity contribution < 1.29 is 27.5 Å². The Hall–Kier alpha value is -2.05. The van der Waals surface area contributed by atoms with E-state index < -0.39 is 17.7 Å². The van der Waals surface area contributed by atoms with E-state index in [0.717, 1.165) is 24.3 Å². The first kappa shape index (κ1) is 17.3. The fraction of sp³-hybridized carbons (Fsp3) is 0.0667. The number of carbonyl (C=O) groups excluding carboxylic acids is 2. The number of rotatable bonds is 3. The maximum Gasteiger partial charge on any atom is 0.416 e. The van der Waals surface area contributed by atoms with Crippen molar-refractivity contribution >= 4 is 35.5 Å². The van der Waals surface area contributed by atoms with Crippen molar-refractivity contribution in [3.8, 4) is 5.75 Å². The monoisotopic (exact) mass is 362 g/mol. The number of ether oxygens (including phenoxy) is 1. The molecule has 3 nitrogen and oxygen atoms in total. The second kappa shape index (κ2) is 6.60. The van der Waals surface area contributed by atoms with Crippen molar-refractivity contribution in [3.63, 3.8) is 0 Å². The summed E-state index contributed by atoms with van der Waals surface area (Å²) in [5, 5.41) is 0.103. The number of alkyl halides is 3. The lowest BCUT2D eigenvalue weighted by Gasteiger charge is -2.10. The zero-order valence-electron chi connectivity index (χ0n) is 11.2. The summed E-state index contributed by atoms with van der Waals surface area (Å²) in [7, 11) is 0. The minimum Gasteiger partial charge on any atom is -0.421 e. The van der Waals surface area contributed by atoms with Crippen LogP contribution in [0.15, 0.2) is 36.4 Å². The van der Waals surface area contributed by atoms with E-state index in [0.29, 0.717) is 6.29 Å². The Bertz CT molecular complexity index is 756. The molecule has 0 fully saturated rings. The molecule has 0 heterocycles. The SMILES string of the molecule is O=Cc1cc(Cl)cc(Cl)c1OC(=O)c1ccc(C(F)(F)F)cc1. The molecule has 0 N–H and O–H groups in total. The second-order valence-corrected chi connectivity index (χ2v) is 5.23. The van der Waals surface area contributed by atoms with Gasteiger partial charge in [-0.25, -0.2) is 4.79 Å². The highest BCUT2D eigenvalue weighted by molar-refractivity contribution is 6.36. The van der Waals surface area contributed by atoms with Crippen LogP contribution in [0.2, 0.25) is 10.0 Å². The number of benzene rings is 2. The highest BCUT2D eigenvalue weighted by Crippen LogP contribution is 2.33. The molecule has 0 aromatic heterocycles. The predicted octanol–water partition coefficient (Wildman–Crippen LogP) is 5.04. The van der Waals surface area contributed by atoms with Crippen molar-refractivity contribution in [1.29, 1.82) is 0 Å². The van der Waals surface area contributed by atoms with Gasteiger partial charge in [-0.2, -0.15) is 13.2 Å². The molecule has 0 spiro atoms. The first-order valence-corrected chi connectivity index (χ1v) is 6.81. The summed E-state index contributed by atoms with van der Waals surface area (Å²) in [6.45, 7) is 0. The largest absolute Gasteiger partial charge is 0.421 e. The maximum atomic E-state index is 12.5. The number of halogens is 5. The molecule has 0 saturated carbocycles. The van der Waals surface area contributed by atoms with Crippen LogP contribution in [0, 0.1) is 0 Å². The molecule has 2 aromatic carbocycles. The van der Waals surface area contributed by atoms with Crippen molar-refractivity contribution in [2.75, 3.05) is 0 Å². The van der Waals surface area contributed by atoms with Gasteiger partial charge in [-0.3, -0.25) is 4.79 Å². The Morgan fingerprint density at radius 1 is 1.09 bits per heavy atom. The quantitative estimate of drug-likeness (QED) is 0.436. The number of hydrogen-bond donors (Lipinski definition) is 0. The Labute approximate surface area is 138 Å². The van der Waals surface area contributed by atoms with Gasteiger partial charge >= 0.3 is 12.1 Å². The summed E-state index contributed by atoms with van der Waals surface area (Å²) in [6, 6.07) is 5.95. The molecule has 2 rings (SSSR count). The van der Waals surface area contributed by atoms with Gasteiger partial charge in [0.2, 0.25) is 0 Å². The molecule has 8 heteroatoms. The summed E-state index contributed by atoms with van der Waals surface area (Å²) in [5.41, 5.74) is -1.07. The highest BCUT2D eigenvalue weighted by Gasteiger charge is 2.30. The van der Waals surface area contributed by atoms with Crippen LogP contribution in [0.4, 0.5) is 13.2 Å². The summed E-state index contributed by atoms with van der Waals surface area (Å²) < 4.78 is 42.4. The number of esters is 1. The topological polar surface area (TPSA) is 43.4 Å². The fourth-order valence-corrected chi connectivity index (χ4v) is 2.27. The van der Waals surface area contributed by atoms with Crippen molar-refractivity contribution in [2.45, 2.75) is 6.18 Å². The summed E-state index contributed by atoms with van der Waals surface area (Å²) in [6.07, 6.45) is -4.11. The standard InChI is InChI=1S/C15H7Cl2F3O3/c16-11-5-9(7-21)13(12(17)6-11)23-14(22)8-1-3-10(4-2-8)15(18,19)20/h1-7H. The van der Waals surface area contributed by atoms with Gasteiger partial charge < -0.3 is 4.74 Å². The minimum absolute atomic E-state index is 0.0530. The third-order valence-electron chi connectivity index (χ3n) is 2.81. The Morgan fingerprint density at radius 3 is 2.22 bits per heavy atom. The van der Waals surface area contributed by atoms with Gasteiger partial charge in [0, 0.05) is 5.02 Å². The molecule has 0 atom stereocenters. The van der Waals surface area contributed by atoms with Crippen LogP contribution >= 0.6 is 23.2 Å². The smallest absolute Gasteiger partial charge is 0.416 e. The summed E-state index contributed by atoms with van der Waals surface area (Å²) in [5.74, 6) is -1.16. The predicted molar refractivity (Wildman–Crippen MR) is 78.3 cm³/mol. The van der Waals surface area contributed by atoms with E-state index in [1.165, 1.54) is 12.1 Å². The maximum absolute atomic E-state index is 12.5. The van der Waals surface area contributed by atoms with Gasteiger partial charge in [0.25, 0.3) is 0 Å².